The number of aliphatic hydroxyl groups is 1. The number of hydrogen-bond donors (Lipinski definition) is 1. The van der Waals surface area contributed by atoms with E-state index in [1.54, 1.807) is 0 Å². The Morgan fingerprint density at radius 2 is 2.07 bits per heavy atom. The molecule has 0 radical (unpaired) electrons. The van der Waals surface area contributed by atoms with Crippen LogP contribution in [0.2, 0.25) is 0 Å². The summed E-state index contributed by atoms with van der Waals surface area (Å²) in [5.41, 5.74) is 0.724. The Hall–Kier alpha value is -0.300. The maximum Gasteiger partial charge on any atom is 0.0831 e. The monoisotopic (exact) mass is 196 g/mol. The van der Waals surface area contributed by atoms with E-state index in [0.717, 1.165) is 19.3 Å². The molecule has 1 atom stereocenters. The highest BCUT2D eigenvalue weighted by molar-refractivity contribution is 5.16. The molecule has 0 bridgehead atoms. The molecule has 14 heavy (non-hydrogen) atoms. The third kappa shape index (κ3) is 3.45. The van der Waals surface area contributed by atoms with E-state index in [-0.39, 0.29) is 0 Å². The quantitative estimate of drug-likeness (QED) is 0.683. The maximum atomic E-state index is 10.4. The summed E-state index contributed by atoms with van der Waals surface area (Å²) in [5, 5.41) is 10.4. The Kier molecular flexibility index (Phi) is 4.18. The third-order valence-electron chi connectivity index (χ3n) is 3.04. The Morgan fingerprint density at radius 3 is 2.71 bits per heavy atom. The van der Waals surface area contributed by atoms with Crippen molar-refractivity contribution in [3.05, 3.63) is 11.6 Å². The van der Waals surface area contributed by atoms with Crippen molar-refractivity contribution in [2.24, 2.45) is 5.92 Å². The minimum Gasteiger partial charge on any atom is -0.386 e. The van der Waals surface area contributed by atoms with Gasteiger partial charge in [-0.25, -0.2) is 0 Å². The lowest BCUT2D eigenvalue weighted by Gasteiger charge is -2.28. The highest BCUT2D eigenvalue weighted by atomic mass is 16.3. The highest BCUT2D eigenvalue weighted by Crippen LogP contribution is 2.31. The summed E-state index contributed by atoms with van der Waals surface area (Å²) in [6.07, 6.45) is 9.27. The number of hydrogen-bond acceptors (Lipinski definition) is 1. The van der Waals surface area contributed by atoms with E-state index in [1.165, 1.54) is 24.8 Å². The average Bonchev–Trinajstić information content (AvgIpc) is 2.28. The molecule has 0 aliphatic heterocycles. The zero-order chi connectivity index (χ0) is 10.6. The molecule has 0 aromatic heterocycles. The normalized spacial score (nSPS) is 22.8. The van der Waals surface area contributed by atoms with Gasteiger partial charge in [0, 0.05) is 0 Å². The molecule has 0 heterocycles. The van der Waals surface area contributed by atoms with Gasteiger partial charge in [-0.1, -0.05) is 26.3 Å². The molecule has 82 valence electrons. The van der Waals surface area contributed by atoms with Crippen LogP contribution in [0, 0.1) is 5.92 Å². The summed E-state index contributed by atoms with van der Waals surface area (Å²) >= 11 is 0. The zero-order valence-corrected chi connectivity index (χ0v) is 9.84. The first-order valence-corrected chi connectivity index (χ1v) is 5.94. The molecule has 1 heteroatoms. The molecule has 1 aliphatic carbocycles. The van der Waals surface area contributed by atoms with Crippen LogP contribution >= 0.6 is 0 Å². The van der Waals surface area contributed by atoms with Crippen molar-refractivity contribution < 1.29 is 5.11 Å². The molecule has 0 saturated carbocycles. The van der Waals surface area contributed by atoms with E-state index in [1.807, 2.05) is 6.92 Å². The molecule has 1 unspecified atom stereocenters. The molecule has 1 nitrogen and oxygen atoms in total. The molecular weight excluding hydrogens is 172 g/mol. The van der Waals surface area contributed by atoms with Crippen molar-refractivity contribution >= 4 is 0 Å². The molecule has 0 aromatic carbocycles. The Morgan fingerprint density at radius 1 is 1.36 bits per heavy atom. The summed E-state index contributed by atoms with van der Waals surface area (Å²) in [7, 11) is 0. The largest absolute Gasteiger partial charge is 0.386 e. The van der Waals surface area contributed by atoms with Crippen molar-refractivity contribution in [1.82, 2.24) is 0 Å². The van der Waals surface area contributed by atoms with Crippen LogP contribution in [0.4, 0.5) is 0 Å². The highest BCUT2D eigenvalue weighted by Gasteiger charge is 2.26. The number of rotatable bonds is 3. The van der Waals surface area contributed by atoms with Gasteiger partial charge >= 0.3 is 0 Å². The van der Waals surface area contributed by atoms with E-state index in [2.05, 4.69) is 19.9 Å². The summed E-state index contributed by atoms with van der Waals surface area (Å²) < 4.78 is 0. The van der Waals surface area contributed by atoms with Gasteiger partial charge < -0.3 is 5.11 Å². The first-order valence-electron chi connectivity index (χ1n) is 5.94. The number of allylic oxidation sites excluding steroid dienone is 1. The molecule has 0 spiro atoms. The van der Waals surface area contributed by atoms with Crippen LogP contribution in [0.25, 0.3) is 0 Å². The SMILES string of the molecule is CC(C)CC(C)(O)C1=CCCCCC1. The minimum atomic E-state index is -0.557. The Balaban J connectivity index is 2.63. The van der Waals surface area contributed by atoms with Crippen molar-refractivity contribution in [2.45, 2.75) is 64.9 Å². The van der Waals surface area contributed by atoms with Gasteiger partial charge in [0.2, 0.25) is 0 Å². The maximum absolute atomic E-state index is 10.4. The lowest BCUT2D eigenvalue weighted by Crippen LogP contribution is -2.28. The van der Waals surface area contributed by atoms with Gasteiger partial charge in [0.05, 0.1) is 5.60 Å². The molecule has 1 rings (SSSR count). The van der Waals surface area contributed by atoms with E-state index >= 15 is 0 Å². The Labute approximate surface area is 88.2 Å². The predicted molar refractivity (Wildman–Crippen MR) is 61.2 cm³/mol. The van der Waals surface area contributed by atoms with Crippen LogP contribution < -0.4 is 0 Å². The van der Waals surface area contributed by atoms with E-state index in [9.17, 15) is 5.11 Å². The van der Waals surface area contributed by atoms with Crippen LogP contribution in [0.3, 0.4) is 0 Å². The fourth-order valence-electron chi connectivity index (χ4n) is 2.43. The first kappa shape index (κ1) is 11.8. The summed E-state index contributed by atoms with van der Waals surface area (Å²) in [6, 6.07) is 0. The lowest BCUT2D eigenvalue weighted by atomic mass is 9.85. The van der Waals surface area contributed by atoms with Crippen molar-refractivity contribution in [3.8, 4) is 0 Å². The molecular formula is C13H24O. The Bertz CT molecular complexity index is 201. The van der Waals surface area contributed by atoms with Gasteiger partial charge in [0.15, 0.2) is 0 Å². The van der Waals surface area contributed by atoms with Gasteiger partial charge in [-0.3, -0.25) is 0 Å². The standard InChI is InChI=1S/C13H24O/c1-11(2)10-13(3,14)12-8-6-4-5-7-9-12/h8,11,14H,4-7,9-10H2,1-3H3. The minimum absolute atomic E-state index is 0.557. The summed E-state index contributed by atoms with van der Waals surface area (Å²) in [5.74, 6) is 0.564. The smallest absolute Gasteiger partial charge is 0.0831 e. The van der Waals surface area contributed by atoms with Crippen LogP contribution in [0.15, 0.2) is 11.6 Å². The van der Waals surface area contributed by atoms with Gasteiger partial charge in [-0.2, -0.15) is 0 Å². The van der Waals surface area contributed by atoms with Crippen molar-refractivity contribution in [3.63, 3.8) is 0 Å². The molecule has 1 aliphatic rings. The van der Waals surface area contributed by atoms with E-state index in [4.69, 9.17) is 0 Å². The second kappa shape index (κ2) is 4.97. The summed E-state index contributed by atoms with van der Waals surface area (Å²) in [6.45, 7) is 6.32. The molecule has 0 aromatic rings. The van der Waals surface area contributed by atoms with E-state index in [0.29, 0.717) is 5.92 Å². The predicted octanol–water partition coefficient (Wildman–Crippen LogP) is 3.67. The van der Waals surface area contributed by atoms with Crippen LogP contribution in [0.1, 0.15) is 59.3 Å². The van der Waals surface area contributed by atoms with Crippen molar-refractivity contribution in [2.75, 3.05) is 0 Å². The average molecular weight is 196 g/mol. The first-order chi connectivity index (χ1) is 6.52. The molecule has 0 saturated heterocycles. The van der Waals surface area contributed by atoms with Crippen molar-refractivity contribution in [1.29, 1.82) is 0 Å². The lowest BCUT2D eigenvalue weighted by molar-refractivity contribution is 0.0715. The van der Waals surface area contributed by atoms with Crippen LogP contribution in [0.5, 0.6) is 0 Å². The van der Waals surface area contributed by atoms with Crippen LogP contribution in [-0.2, 0) is 0 Å². The second-order valence-corrected chi connectivity index (χ2v) is 5.20. The second-order valence-electron chi connectivity index (χ2n) is 5.20. The summed E-state index contributed by atoms with van der Waals surface area (Å²) in [4.78, 5) is 0. The topological polar surface area (TPSA) is 20.2 Å². The molecule has 1 N–H and O–H groups in total. The molecule has 0 amide bonds. The van der Waals surface area contributed by atoms with E-state index < -0.39 is 5.60 Å². The van der Waals surface area contributed by atoms with Gasteiger partial charge in [0.25, 0.3) is 0 Å². The molecule has 0 fully saturated rings. The fraction of sp³-hybridized carbons (Fsp3) is 0.846. The van der Waals surface area contributed by atoms with Crippen LogP contribution in [-0.4, -0.2) is 10.7 Å². The van der Waals surface area contributed by atoms with Gasteiger partial charge in [0.1, 0.15) is 0 Å². The van der Waals surface area contributed by atoms with Gasteiger partial charge in [-0.15, -0.1) is 0 Å². The third-order valence-corrected chi connectivity index (χ3v) is 3.04. The van der Waals surface area contributed by atoms with Gasteiger partial charge in [-0.05, 0) is 50.5 Å². The zero-order valence-electron chi connectivity index (χ0n) is 9.84. The fourth-order valence-corrected chi connectivity index (χ4v) is 2.43.